The van der Waals surface area contributed by atoms with E-state index >= 15 is 0 Å². The lowest BCUT2D eigenvalue weighted by Gasteiger charge is -2.31. The van der Waals surface area contributed by atoms with Crippen molar-refractivity contribution in [2.75, 3.05) is 11.6 Å². The van der Waals surface area contributed by atoms with Crippen molar-refractivity contribution in [3.63, 3.8) is 0 Å². The zero-order valence-corrected chi connectivity index (χ0v) is 18.6. The first kappa shape index (κ1) is 20.2. The Morgan fingerprint density at radius 2 is 1.43 bits per heavy atom. The maximum atomic E-state index is 5.16. The Morgan fingerprint density at radius 3 is 1.96 bits per heavy atom. The van der Waals surface area contributed by atoms with Crippen molar-refractivity contribution in [1.29, 1.82) is 0 Å². The first-order valence-corrected chi connectivity index (χ1v) is 10.0. The second kappa shape index (κ2) is 7.46. The molecule has 0 spiro atoms. The summed E-state index contributed by atoms with van der Waals surface area (Å²) < 4.78 is 0. The lowest BCUT2D eigenvalue weighted by molar-refractivity contribution is 0.477. The smallest absolute Gasteiger partial charge is 0.116 e. The third kappa shape index (κ3) is 3.99. The number of nitrogens with zero attached hydrogens (tertiary/aromatic N) is 3. The van der Waals surface area contributed by atoms with Gasteiger partial charge in [0.05, 0.1) is 5.69 Å². The lowest BCUT2D eigenvalue weighted by atomic mass is 9.93. The van der Waals surface area contributed by atoms with Gasteiger partial charge in [0.15, 0.2) is 0 Å². The van der Waals surface area contributed by atoms with E-state index in [1.807, 2.05) is 0 Å². The first-order chi connectivity index (χ1) is 13.1. The highest BCUT2D eigenvalue weighted by Gasteiger charge is 2.29. The Kier molecular flexibility index (Phi) is 5.38. The molecule has 0 saturated heterocycles. The minimum atomic E-state index is -0.0631. The molecule has 2 aromatic rings. The molecule has 0 unspecified atom stereocenters. The van der Waals surface area contributed by atoms with Crippen molar-refractivity contribution in [3.05, 3.63) is 70.5 Å². The molecule has 3 rings (SSSR count). The molecule has 3 heteroatoms. The molecule has 0 aliphatic carbocycles. The van der Waals surface area contributed by atoms with Gasteiger partial charge in [-0.05, 0) is 56.9 Å². The van der Waals surface area contributed by atoms with Crippen molar-refractivity contribution < 1.29 is 0 Å². The SMILES string of the molecule is Cc1cc(C)c(N2C=CN(C(=Nc3c(C)cccc3C)C(C)(C)C)C2)c(C)c1. The van der Waals surface area contributed by atoms with Crippen molar-refractivity contribution in [2.24, 2.45) is 10.4 Å². The van der Waals surface area contributed by atoms with Crippen molar-refractivity contribution >= 4 is 17.2 Å². The number of aryl methyl sites for hydroxylation is 5. The van der Waals surface area contributed by atoms with Crippen molar-refractivity contribution in [3.8, 4) is 0 Å². The fourth-order valence-corrected chi connectivity index (χ4v) is 4.08. The standard InChI is InChI=1S/C25H33N3/c1-17-14-20(4)23(21(5)15-17)27-12-13-28(16-27)24(25(6,7)8)26-22-18(2)10-9-11-19(22)3/h9-15H,16H2,1-8H3. The first-order valence-electron chi connectivity index (χ1n) is 10.0. The number of amidine groups is 1. The predicted octanol–water partition coefficient (Wildman–Crippen LogP) is 6.56. The second-order valence-electron chi connectivity index (χ2n) is 9.05. The van der Waals surface area contributed by atoms with Crippen molar-refractivity contribution in [2.45, 2.75) is 55.4 Å². The number of hydrogen-bond acceptors (Lipinski definition) is 2. The molecule has 0 N–H and O–H groups in total. The molecule has 148 valence electrons. The monoisotopic (exact) mass is 375 g/mol. The summed E-state index contributed by atoms with van der Waals surface area (Å²) in [5, 5.41) is 0. The van der Waals surface area contributed by atoms with Crippen LogP contribution < -0.4 is 4.90 Å². The maximum Gasteiger partial charge on any atom is 0.116 e. The van der Waals surface area contributed by atoms with E-state index in [9.17, 15) is 0 Å². The van der Waals surface area contributed by atoms with Gasteiger partial charge in [0.1, 0.15) is 12.5 Å². The molecule has 1 aliphatic heterocycles. The topological polar surface area (TPSA) is 18.8 Å². The van der Waals surface area contributed by atoms with E-state index in [1.165, 1.54) is 33.5 Å². The molecule has 0 amide bonds. The van der Waals surface area contributed by atoms with Crippen LogP contribution in [-0.4, -0.2) is 17.4 Å². The van der Waals surface area contributed by atoms with Gasteiger partial charge in [0.2, 0.25) is 0 Å². The Bertz CT molecular complexity index is 901. The minimum Gasteiger partial charge on any atom is -0.327 e. The lowest BCUT2D eigenvalue weighted by Crippen LogP contribution is -2.38. The van der Waals surface area contributed by atoms with Crippen LogP contribution in [0.3, 0.4) is 0 Å². The zero-order chi connectivity index (χ0) is 20.6. The molecule has 0 saturated carbocycles. The summed E-state index contributed by atoms with van der Waals surface area (Å²) in [4.78, 5) is 9.77. The van der Waals surface area contributed by atoms with Gasteiger partial charge in [-0.1, -0.05) is 56.7 Å². The van der Waals surface area contributed by atoms with Gasteiger partial charge in [-0.15, -0.1) is 0 Å². The van der Waals surface area contributed by atoms with Gasteiger partial charge < -0.3 is 9.80 Å². The van der Waals surface area contributed by atoms with Crippen molar-refractivity contribution in [1.82, 2.24) is 4.90 Å². The van der Waals surface area contributed by atoms with Crippen LogP contribution in [0.2, 0.25) is 0 Å². The van der Waals surface area contributed by atoms with Crippen LogP contribution in [0.15, 0.2) is 47.7 Å². The van der Waals surface area contributed by atoms with Crippen LogP contribution in [0, 0.1) is 40.0 Å². The molecule has 3 nitrogen and oxygen atoms in total. The molecule has 0 fully saturated rings. The molecule has 1 aliphatic rings. The quantitative estimate of drug-likeness (QED) is 0.437. The van der Waals surface area contributed by atoms with Crippen LogP contribution in [0.5, 0.6) is 0 Å². The fraction of sp³-hybridized carbons (Fsp3) is 0.400. The highest BCUT2D eigenvalue weighted by molar-refractivity contribution is 5.91. The summed E-state index contributed by atoms with van der Waals surface area (Å²) >= 11 is 0. The molecule has 0 radical (unpaired) electrons. The van der Waals surface area contributed by atoms with Gasteiger partial charge in [-0.3, -0.25) is 0 Å². The van der Waals surface area contributed by atoms with E-state index in [2.05, 4.69) is 108 Å². The largest absolute Gasteiger partial charge is 0.327 e. The molecular weight excluding hydrogens is 342 g/mol. The summed E-state index contributed by atoms with van der Waals surface area (Å²) in [5.41, 5.74) is 8.68. The number of anilines is 1. The molecule has 0 bridgehead atoms. The summed E-state index contributed by atoms with van der Waals surface area (Å²) in [7, 11) is 0. The van der Waals surface area contributed by atoms with E-state index in [0.29, 0.717) is 0 Å². The summed E-state index contributed by atoms with van der Waals surface area (Å²) in [6, 6.07) is 10.9. The molecule has 0 aromatic heterocycles. The average molecular weight is 376 g/mol. The molecule has 1 heterocycles. The number of hydrogen-bond donors (Lipinski definition) is 0. The van der Waals surface area contributed by atoms with Crippen LogP contribution in [-0.2, 0) is 0 Å². The highest BCUT2D eigenvalue weighted by atomic mass is 15.4. The number of benzene rings is 2. The normalized spacial score (nSPS) is 14.9. The van der Waals surface area contributed by atoms with Crippen LogP contribution in [0.4, 0.5) is 11.4 Å². The number of aliphatic imine (C=N–C) groups is 1. The van der Waals surface area contributed by atoms with Crippen LogP contribution in [0.25, 0.3) is 0 Å². The molecule has 2 aromatic carbocycles. The Labute approximate surface area is 170 Å². The fourth-order valence-electron chi connectivity index (χ4n) is 4.08. The Morgan fingerprint density at radius 1 is 0.857 bits per heavy atom. The zero-order valence-electron chi connectivity index (χ0n) is 18.6. The average Bonchev–Trinajstić information content (AvgIpc) is 3.01. The van der Waals surface area contributed by atoms with Gasteiger partial charge in [0.25, 0.3) is 0 Å². The molecular formula is C25H33N3. The summed E-state index contributed by atoms with van der Waals surface area (Å²) in [5.74, 6) is 1.09. The van der Waals surface area contributed by atoms with E-state index in [0.717, 1.165) is 18.2 Å². The van der Waals surface area contributed by atoms with Gasteiger partial charge in [-0.2, -0.15) is 0 Å². The Balaban J connectivity index is 1.98. The van der Waals surface area contributed by atoms with Gasteiger partial charge in [0, 0.05) is 23.5 Å². The molecule has 0 atom stereocenters. The van der Waals surface area contributed by atoms with Gasteiger partial charge in [-0.25, -0.2) is 4.99 Å². The summed E-state index contributed by atoms with van der Waals surface area (Å²) in [6.45, 7) is 18.3. The minimum absolute atomic E-state index is 0.0631. The third-order valence-electron chi connectivity index (χ3n) is 5.25. The third-order valence-corrected chi connectivity index (χ3v) is 5.25. The highest BCUT2D eigenvalue weighted by Crippen LogP contribution is 2.33. The van der Waals surface area contributed by atoms with Gasteiger partial charge >= 0.3 is 0 Å². The van der Waals surface area contributed by atoms with E-state index in [-0.39, 0.29) is 5.41 Å². The van der Waals surface area contributed by atoms with E-state index in [4.69, 9.17) is 4.99 Å². The van der Waals surface area contributed by atoms with E-state index < -0.39 is 0 Å². The predicted molar refractivity (Wildman–Crippen MR) is 121 cm³/mol. The number of rotatable bonds is 2. The van der Waals surface area contributed by atoms with E-state index in [1.54, 1.807) is 0 Å². The maximum absolute atomic E-state index is 5.16. The Hall–Kier alpha value is -2.55. The second-order valence-corrected chi connectivity index (χ2v) is 9.05. The van der Waals surface area contributed by atoms with Crippen LogP contribution >= 0.6 is 0 Å². The van der Waals surface area contributed by atoms with Crippen LogP contribution in [0.1, 0.15) is 48.6 Å². The summed E-state index contributed by atoms with van der Waals surface area (Å²) in [6.07, 6.45) is 4.34. The number of para-hydroxylation sites is 1. The molecule has 28 heavy (non-hydrogen) atoms.